The van der Waals surface area contributed by atoms with Crippen molar-refractivity contribution in [1.29, 1.82) is 0 Å². The van der Waals surface area contributed by atoms with Gasteiger partial charge in [-0.15, -0.1) is 0 Å². The van der Waals surface area contributed by atoms with E-state index in [4.69, 9.17) is 5.73 Å². The summed E-state index contributed by atoms with van der Waals surface area (Å²) in [6, 6.07) is 3.06. The van der Waals surface area contributed by atoms with Gasteiger partial charge in [0, 0.05) is 5.92 Å². The van der Waals surface area contributed by atoms with Crippen LogP contribution < -0.4 is 5.73 Å². The molecule has 0 heterocycles. The lowest BCUT2D eigenvalue weighted by Gasteiger charge is -2.20. The lowest BCUT2D eigenvalue weighted by atomic mass is 9.87. The van der Waals surface area contributed by atoms with Gasteiger partial charge >= 0.3 is 0 Å². The highest BCUT2D eigenvalue weighted by atomic mass is 16.3. The van der Waals surface area contributed by atoms with Gasteiger partial charge in [0.05, 0.1) is 6.04 Å². The molecule has 1 atom stereocenters. The molecule has 1 aliphatic rings. The maximum Gasteiger partial charge on any atom is 0.152 e. The molecule has 0 amide bonds. The molecule has 2 rings (SSSR count). The van der Waals surface area contributed by atoms with Gasteiger partial charge in [-0.1, -0.05) is 25.7 Å². The Hall–Kier alpha value is -1.35. The van der Waals surface area contributed by atoms with Crippen LogP contribution in [0.1, 0.15) is 55.2 Å². The summed E-state index contributed by atoms with van der Waals surface area (Å²) in [5.41, 5.74) is 9.32. The van der Waals surface area contributed by atoms with Crippen molar-refractivity contribution in [2.75, 3.05) is 0 Å². The smallest absolute Gasteiger partial charge is 0.152 e. The zero-order chi connectivity index (χ0) is 15.4. The van der Waals surface area contributed by atoms with E-state index in [1.807, 2.05) is 13.8 Å². The molecule has 0 spiro atoms. The van der Waals surface area contributed by atoms with Crippen LogP contribution in [0.4, 0.5) is 0 Å². The largest absolute Gasteiger partial charge is 0.508 e. The summed E-state index contributed by atoms with van der Waals surface area (Å²) in [4.78, 5) is 12.6. The number of phenolic OH excluding ortho intramolecular Hbond substituents is 1. The van der Waals surface area contributed by atoms with E-state index >= 15 is 0 Å². The average Bonchev–Trinajstić information content (AvgIpc) is 2.70. The molecule has 0 saturated heterocycles. The molecular formula is C18H27NO2. The van der Waals surface area contributed by atoms with Crippen LogP contribution in [-0.4, -0.2) is 16.9 Å². The fourth-order valence-electron chi connectivity index (χ4n) is 3.48. The maximum absolute atomic E-state index is 12.6. The Bertz CT molecular complexity index is 479. The number of hydrogen-bond donors (Lipinski definition) is 2. The van der Waals surface area contributed by atoms with E-state index in [1.165, 1.54) is 12.8 Å². The van der Waals surface area contributed by atoms with Gasteiger partial charge in [0.25, 0.3) is 0 Å². The third-order valence-electron chi connectivity index (χ3n) is 4.73. The molecular weight excluding hydrogens is 262 g/mol. The van der Waals surface area contributed by atoms with Crippen LogP contribution in [0.5, 0.6) is 5.75 Å². The molecule has 1 fully saturated rings. The minimum atomic E-state index is -0.421. The molecule has 0 unspecified atom stereocenters. The lowest BCUT2D eigenvalue weighted by molar-refractivity contribution is -0.124. The number of aryl methyl sites for hydroxylation is 2. The van der Waals surface area contributed by atoms with Crippen molar-refractivity contribution in [3.8, 4) is 5.75 Å². The van der Waals surface area contributed by atoms with Crippen molar-refractivity contribution in [2.24, 2.45) is 11.7 Å². The number of Topliss-reactive ketones (excluding diaryl/α,β-unsaturated/α-hetero) is 1. The molecule has 1 aromatic rings. The summed E-state index contributed by atoms with van der Waals surface area (Å²) < 4.78 is 0. The van der Waals surface area contributed by atoms with Crippen LogP contribution in [0.25, 0.3) is 0 Å². The Kier molecular flexibility index (Phi) is 5.40. The Labute approximate surface area is 127 Å². The second-order valence-electron chi connectivity index (χ2n) is 6.46. The van der Waals surface area contributed by atoms with Crippen LogP contribution in [0, 0.1) is 19.8 Å². The standard InChI is InChI=1S/C18H27NO2/c1-12-9-15(20)10-13(2)16(12)11-17(19)18(21)14-7-5-3-4-6-8-14/h9-10,14,17,20H,3-8,11,19H2,1-2H3/t17-/m0/s1. The second kappa shape index (κ2) is 7.08. The van der Waals surface area contributed by atoms with E-state index in [2.05, 4.69) is 0 Å². The molecule has 3 N–H and O–H groups in total. The monoisotopic (exact) mass is 289 g/mol. The number of phenols is 1. The third kappa shape index (κ3) is 4.07. The highest BCUT2D eigenvalue weighted by Gasteiger charge is 2.25. The van der Waals surface area contributed by atoms with E-state index in [1.54, 1.807) is 12.1 Å². The molecule has 3 nitrogen and oxygen atoms in total. The SMILES string of the molecule is Cc1cc(O)cc(C)c1C[C@H](N)C(=O)C1CCCCCC1. The highest BCUT2D eigenvalue weighted by molar-refractivity contribution is 5.86. The van der Waals surface area contributed by atoms with Crippen molar-refractivity contribution in [2.45, 2.75) is 64.8 Å². The topological polar surface area (TPSA) is 63.3 Å². The summed E-state index contributed by atoms with van der Waals surface area (Å²) in [5.74, 6) is 0.654. The van der Waals surface area contributed by atoms with Crippen LogP contribution >= 0.6 is 0 Å². The number of hydrogen-bond acceptors (Lipinski definition) is 3. The molecule has 0 aliphatic heterocycles. The van der Waals surface area contributed by atoms with Gasteiger partial charge in [-0.25, -0.2) is 0 Å². The predicted molar refractivity (Wildman–Crippen MR) is 85.5 cm³/mol. The zero-order valence-corrected chi connectivity index (χ0v) is 13.2. The summed E-state index contributed by atoms with van der Waals surface area (Å²) in [6.07, 6.45) is 7.37. The van der Waals surface area contributed by atoms with Gasteiger partial charge in [-0.2, -0.15) is 0 Å². The molecule has 3 heteroatoms. The minimum absolute atomic E-state index is 0.153. The van der Waals surface area contributed by atoms with E-state index in [-0.39, 0.29) is 17.5 Å². The Morgan fingerprint density at radius 2 is 1.71 bits per heavy atom. The molecule has 0 radical (unpaired) electrons. The molecule has 1 aromatic carbocycles. The van der Waals surface area contributed by atoms with Gasteiger partial charge in [0.15, 0.2) is 5.78 Å². The quantitative estimate of drug-likeness (QED) is 0.835. The van der Waals surface area contributed by atoms with E-state index in [0.717, 1.165) is 42.4 Å². The molecule has 1 saturated carbocycles. The van der Waals surface area contributed by atoms with Gasteiger partial charge in [0.1, 0.15) is 5.75 Å². The Morgan fingerprint density at radius 3 is 2.24 bits per heavy atom. The average molecular weight is 289 g/mol. The number of nitrogens with two attached hydrogens (primary N) is 1. The normalized spacial score (nSPS) is 18.2. The third-order valence-corrected chi connectivity index (χ3v) is 4.73. The second-order valence-corrected chi connectivity index (χ2v) is 6.46. The summed E-state index contributed by atoms with van der Waals surface area (Å²) in [7, 11) is 0. The number of carbonyl (C=O) groups is 1. The van der Waals surface area contributed by atoms with E-state index in [0.29, 0.717) is 6.42 Å². The van der Waals surface area contributed by atoms with Gasteiger partial charge in [-0.3, -0.25) is 4.79 Å². The van der Waals surface area contributed by atoms with Crippen molar-refractivity contribution in [3.63, 3.8) is 0 Å². The number of benzene rings is 1. The Balaban J connectivity index is 2.06. The highest BCUT2D eigenvalue weighted by Crippen LogP contribution is 2.26. The van der Waals surface area contributed by atoms with Gasteiger partial charge < -0.3 is 10.8 Å². The first-order chi connectivity index (χ1) is 9.99. The van der Waals surface area contributed by atoms with E-state index < -0.39 is 6.04 Å². The Morgan fingerprint density at radius 1 is 1.19 bits per heavy atom. The molecule has 0 bridgehead atoms. The number of aromatic hydroxyl groups is 1. The van der Waals surface area contributed by atoms with Crippen molar-refractivity contribution in [1.82, 2.24) is 0 Å². The van der Waals surface area contributed by atoms with Gasteiger partial charge in [-0.05, 0) is 61.9 Å². The van der Waals surface area contributed by atoms with Crippen LogP contribution in [0.15, 0.2) is 12.1 Å². The maximum atomic E-state index is 12.6. The first kappa shape index (κ1) is 16.0. The fraction of sp³-hybridized carbons (Fsp3) is 0.611. The lowest BCUT2D eigenvalue weighted by Crippen LogP contribution is -2.37. The molecule has 0 aromatic heterocycles. The minimum Gasteiger partial charge on any atom is -0.508 e. The van der Waals surface area contributed by atoms with Gasteiger partial charge in [0.2, 0.25) is 0 Å². The first-order valence-electron chi connectivity index (χ1n) is 8.07. The summed E-state index contributed by atoms with van der Waals surface area (Å²) in [5, 5.41) is 9.60. The van der Waals surface area contributed by atoms with Crippen molar-refractivity contribution < 1.29 is 9.90 Å². The molecule has 116 valence electrons. The zero-order valence-electron chi connectivity index (χ0n) is 13.2. The molecule has 1 aliphatic carbocycles. The molecule has 21 heavy (non-hydrogen) atoms. The van der Waals surface area contributed by atoms with Crippen LogP contribution in [0.3, 0.4) is 0 Å². The first-order valence-corrected chi connectivity index (χ1v) is 8.07. The van der Waals surface area contributed by atoms with Crippen LogP contribution in [0.2, 0.25) is 0 Å². The van der Waals surface area contributed by atoms with Crippen molar-refractivity contribution in [3.05, 3.63) is 28.8 Å². The van der Waals surface area contributed by atoms with E-state index in [9.17, 15) is 9.90 Å². The van der Waals surface area contributed by atoms with Crippen LogP contribution in [-0.2, 0) is 11.2 Å². The number of rotatable bonds is 4. The number of carbonyl (C=O) groups excluding carboxylic acids is 1. The summed E-state index contributed by atoms with van der Waals surface area (Å²) in [6.45, 7) is 3.93. The van der Waals surface area contributed by atoms with Crippen molar-refractivity contribution >= 4 is 5.78 Å². The fourth-order valence-corrected chi connectivity index (χ4v) is 3.48. The predicted octanol–water partition coefficient (Wildman–Crippen LogP) is 3.42. The summed E-state index contributed by atoms with van der Waals surface area (Å²) >= 11 is 0. The number of ketones is 1.